The zero-order valence-corrected chi connectivity index (χ0v) is 14.5. The van der Waals surface area contributed by atoms with Gasteiger partial charge in [0.15, 0.2) is 9.84 Å². The van der Waals surface area contributed by atoms with Gasteiger partial charge in [-0.1, -0.05) is 13.8 Å². The van der Waals surface area contributed by atoms with Crippen LogP contribution in [0.1, 0.15) is 44.9 Å². The van der Waals surface area contributed by atoms with Crippen molar-refractivity contribution in [3.63, 3.8) is 0 Å². The summed E-state index contributed by atoms with van der Waals surface area (Å²) in [7, 11) is -3.11. The predicted molar refractivity (Wildman–Crippen MR) is 85.1 cm³/mol. The van der Waals surface area contributed by atoms with Crippen LogP contribution in [0.15, 0.2) is 0 Å². The summed E-state index contributed by atoms with van der Waals surface area (Å²) in [6.45, 7) is 10.1. The van der Waals surface area contributed by atoms with Gasteiger partial charge in [-0.05, 0) is 19.8 Å². The summed E-state index contributed by atoms with van der Waals surface area (Å²) in [5, 5.41) is 3.33. The van der Waals surface area contributed by atoms with Gasteiger partial charge >= 0.3 is 0 Å². The van der Waals surface area contributed by atoms with E-state index in [-0.39, 0.29) is 0 Å². The minimum absolute atomic E-state index is 0.482. The second kappa shape index (κ2) is 5.72. The van der Waals surface area contributed by atoms with Crippen molar-refractivity contribution < 1.29 is 8.42 Å². The summed E-state index contributed by atoms with van der Waals surface area (Å²) in [5.74, 6) is 1.53. The fourth-order valence-corrected chi connectivity index (χ4v) is 3.00. The molecule has 6 heteroatoms. The highest BCUT2D eigenvalue weighted by atomic mass is 32.2. The quantitative estimate of drug-likeness (QED) is 0.896. The van der Waals surface area contributed by atoms with Gasteiger partial charge in [-0.15, -0.1) is 0 Å². The Kier molecular flexibility index (Phi) is 4.49. The molecule has 0 saturated carbocycles. The minimum Gasteiger partial charge on any atom is -0.330 e. The van der Waals surface area contributed by atoms with E-state index in [1.165, 1.54) is 11.9 Å². The molecule has 0 aromatic carbocycles. The lowest BCUT2D eigenvalue weighted by molar-refractivity contribution is 0.470. The predicted octanol–water partition coefficient (Wildman–Crippen LogP) is 1.55. The summed E-state index contributed by atoms with van der Waals surface area (Å²) < 4.78 is 25.5. The lowest BCUT2D eigenvalue weighted by atomic mass is 10.1. The first-order valence-corrected chi connectivity index (χ1v) is 9.48. The monoisotopic (exact) mass is 313 g/mol. The second-order valence-electron chi connectivity index (χ2n) is 7.06. The molecule has 1 aliphatic heterocycles. The molecule has 0 amide bonds. The van der Waals surface area contributed by atoms with Crippen molar-refractivity contribution in [2.24, 2.45) is 5.92 Å². The molecule has 2 heterocycles. The van der Waals surface area contributed by atoms with E-state index in [4.69, 9.17) is 4.98 Å². The number of sulfone groups is 1. The van der Waals surface area contributed by atoms with E-state index in [9.17, 15) is 8.42 Å². The van der Waals surface area contributed by atoms with Crippen molar-refractivity contribution in [1.29, 1.82) is 0 Å². The molecule has 0 unspecified atom stereocenters. The Bertz CT molecular complexity index is 615. The number of nitrogens with one attached hydrogen (secondary N) is 1. The Hall–Kier alpha value is -0.880. The third-order valence-electron chi connectivity index (χ3n) is 4.20. The number of hydrogen-bond donors (Lipinski definition) is 1. The molecule has 1 N–H and O–H groups in total. The molecular weight excluding hydrogens is 286 g/mol. The van der Waals surface area contributed by atoms with Gasteiger partial charge in [0.05, 0.1) is 10.4 Å². The number of fused-ring (bicyclic) bond motifs is 1. The molecule has 0 radical (unpaired) electrons. The van der Waals surface area contributed by atoms with E-state index < -0.39 is 14.6 Å². The SMILES string of the molecule is CC(C)Cc1nc2c(n1CC(C)(C)S(C)(=O)=O)CCNC2. The van der Waals surface area contributed by atoms with Crippen molar-refractivity contribution in [1.82, 2.24) is 14.9 Å². The lowest BCUT2D eigenvalue weighted by Crippen LogP contribution is -2.37. The van der Waals surface area contributed by atoms with E-state index in [0.29, 0.717) is 12.5 Å². The van der Waals surface area contributed by atoms with Crippen molar-refractivity contribution >= 4 is 9.84 Å². The van der Waals surface area contributed by atoms with Gasteiger partial charge in [0.25, 0.3) is 0 Å². The van der Waals surface area contributed by atoms with E-state index in [1.54, 1.807) is 13.8 Å². The molecule has 0 spiro atoms. The molecule has 0 aliphatic carbocycles. The number of nitrogens with zero attached hydrogens (tertiary/aromatic N) is 2. The van der Waals surface area contributed by atoms with Crippen LogP contribution in [0.25, 0.3) is 0 Å². The van der Waals surface area contributed by atoms with Crippen LogP contribution in [-0.2, 0) is 35.8 Å². The zero-order chi connectivity index (χ0) is 15.8. The minimum atomic E-state index is -3.11. The third-order valence-corrected chi connectivity index (χ3v) is 6.34. The maximum atomic E-state index is 12.0. The molecule has 1 aromatic rings. The average Bonchev–Trinajstić information content (AvgIpc) is 2.65. The maximum Gasteiger partial charge on any atom is 0.154 e. The maximum absolute atomic E-state index is 12.0. The zero-order valence-electron chi connectivity index (χ0n) is 13.7. The summed E-state index contributed by atoms with van der Waals surface area (Å²) in [5.41, 5.74) is 2.29. The third kappa shape index (κ3) is 3.48. The van der Waals surface area contributed by atoms with Crippen LogP contribution in [-0.4, -0.2) is 35.5 Å². The average molecular weight is 313 g/mol. The molecule has 21 heavy (non-hydrogen) atoms. The summed E-state index contributed by atoms with van der Waals surface area (Å²) in [6.07, 6.45) is 3.12. The van der Waals surface area contributed by atoms with Crippen LogP contribution < -0.4 is 5.32 Å². The summed E-state index contributed by atoms with van der Waals surface area (Å²) >= 11 is 0. The van der Waals surface area contributed by atoms with Crippen LogP contribution in [0.5, 0.6) is 0 Å². The van der Waals surface area contributed by atoms with E-state index in [1.807, 2.05) is 0 Å². The van der Waals surface area contributed by atoms with Crippen molar-refractivity contribution in [2.45, 2.75) is 58.4 Å². The molecule has 5 nitrogen and oxygen atoms in total. The van der Waals surface area contributed by atoms with Crippen LogP contribution in [0, 0.1) is 5.92 Å². The molecule has 1 aliphatic rings. The fourth-order valence-electron chi connectivity index (χ4n) is 2.63. The van der Waals surface area contributed by atoms with Crippen molar-refractivity contribution in [2.75, 3.05) is 12.8 Å². The van der Waals surface area contributed by atoms with Gasteiger partial charge in [0, 0.05) is 44.4 Å². The Balaban J connectivity index is 2.43. The Morgan fingerprint density at radius 1 is 1.38 bits per heavy atom. The number of aromatic nitrogens is 2. The number of imidazole rings is 1. The molecule has 0 saturated heterocycles. The van der Waals surface area contributed by atoms with Crippen molar-refractivity contribution in [3.8, 4) is 0 Å². The first kappa shape index (κ1) is 16.5. The summed E-state index contributed by atoms with van der Waals surface area (Å²) in [4.78, 5) is 4.76. The van der Waals surface area contributed by atoms with Gasteiger partial charge in [-0.25, -0.2) is 13.4 Å². The Labute approximate surface area is 128 Å². The van der Waals surface area contributed by atoms with Gasteiger partial charge in [0.1, 0.15) is 5.82 Å². The van der Waals surface area contributed by atoms with E-state index in [0.717, 1.165) is 37.4 Å². The van der Waals surface area contributed by atoms with Crippen molar-refractivity contribution in [3.05, 3.63) is 17.2 Å². The second-order valence-corrected chi connectivity index (χ2v) is 9.71. The first-order valence-electron chi connectivity index (χ1n) is 7.59. The van der Waals surface area contributed by atoms with E-state index >= 15 is 0 Å². The normalized spacial score (nSPS) is 16.3. The summed E-state index contributed by atoms with van der Waals surface area (Å²) in [6, 6.07) is 0. The van der Waals surface area contributed by atoms with Crippen LogP contribution in [0.3, 0.4) is 0 Å². The first-order chi connectivity index (χ1) is 9.62. The standard InChI is InChI=1S/C15H27N3O2S/c1-11(2)8-14-17-12-9-16-7-6-13(12)18(14)10-15(3,4)21(5,19)20/h11,16H,6-10H2,1-5H3. The Morgan fingerprint density at radius 2 is 2.05 bits per heavy atom. The molecule has 120 valence electrons. The van der Waals surface area contributed by atoms with Crippen LogP contribution >= 0.6 is 0 Å². The fraction of sp³-hybridized carbons (Fsp3) is 0.800. The van der Waals surface area contributed by atoms with Crippen LogP contribution in [0.2, 0.25) is 0 Å². The molecule has 2 rings (SSSR count). The Morgan fingerprint density at radius 3 is 2.62 bits per heavy atom. The highest BCUT2D eigenvalue weighted by Crippen LogP contribution is 2.24. The highest BCUT2D eigenvalue weighted by molar-refractivity contribution is 7.92. The topological polar surface area (TPSA) is 64.0 Å². The smallest absolute Gasteiger partial charge is 0.154 e. The molecule has 0 atom stereocenters. The molecule has 0 fully saturated rings. The highest BCUT2D eigenvalue weighted by Gasteiger charge is 2.33. The molecule has 1 aromatic heterocycles. The largest absolute Gasteiger partial charge is 0.330 e. The number of rotatable bonds is 5. The lowest BCUT2D eigenvalue weighted by Gasteiger charge is -2.26. The van der Waals surface area contributed by atoms with E-state index in [2.05, 4.69) is 23.7 Å². The molecular formula is C15H27N3O2S. The van der Waals surface area contributed by atoms with Gasteiger partial charge in [0.2, 0.25) is 0 Å². The van der Waals surface area contributed by atoms with Gasteiger partial charge < -0.3 is 9.88 Å². The van der Waals surface area contributed by atoms with Crippen LogP contribution in [0.4, 0.5) is 0 Å². The van der Waals surface area contributed by atoms with Gasteiger partial charge in [-0.2, -0.15) is 0 Å². The number of hydrogen-bond acceptors (Lipinski definition) is 4. The van der Waals surface area contributed by atoms with Gasteiger partial charge in [-0.3, -0.25) is 0 Å². The molecule has 0 bridgehead atoms.